The van der Waals surface area contributed by atoms with Crippen molar-refractivity contribution in [2.45, 2.75) is 51.1 Å². The second-order valence-corrected chi connectivity index (χ2v) is 12.0. The standard InChI is InChI=1S/C22H28N4O4S/c1-31(29,30)25-10-6-14-17(12-25)23-19(24-20(14)27)18-3-2-9-26(18)21(28)15-11-13-4-5-16(15)22(13)7-8-22/h4-5,13,15-16,18H,2-3,6-12H2,1H3,(H,23,24,27)/t13-,15+,16-,18+/m1/s1. The predicted molar refractivity (Wildman–Crippen MR) is 113 cm³/mol. The molecule has 0 aromatic carbocycles. The van der Waals surface area contributed by atoms with Gasteiger partial charge in [0.2, 0.25) is 15.9 Å². The van der Waals surface area contributed by atoms with Crippen molar-refractivity contribution in [2.24, 2.45) is 23.2 Å². The molecule has 1 amide bonds. The van der Waals surface area contributed by atoms with Crippen LogP contribution in [0.2, 0.25) is 0 Å². The van der Waals surface area contributed by atoms with Gasteiger partial charge in [-0.2, -0.15) is 4.31 Å². The predicted octanol–water partition coefficient (Wildman–Crippen LogP) is 1.35. The van der Waals surface area contributed by atoms with Gasteiger partial charge in [-0.25, -0.2) is 13.4 Å². The van der Waals surface area contributed by atoms with E-state index in [0.29, 0.717) is 53.8 Å². The molecule has 6 rings (SSSR count). The Hall–Kier alpha value is -2.00. The van der Waals surface area contributed by atoms with Gasteiger partial charge in [-0.1, -0.05) is 12.2 Å². The van der Waals surface area contributed by atoms with Gasteiger partial charge in [0.05, 0.1) is 24.5 Å². The van der Waals surface area contributed by atoms with Crippen molar-refractivity contribution in [3.05, 3.63) is 39.6 Å². The normalized spacial score (nSPS) is 33.3. The zero-order chi connectivity index (χ0) is 21.5. The summed E-state index contributed by atoms with van der Waals surface area (Å²) in [6.45, 7) is 1.10. The lowest BCUT2D eigenvalue weighted by Crippen LogP contribution is -2.41. The fourth-order valence-corrected chi connectivity index (χ4v) is 7.44. The Kier molecular flexibility index (Phi) is 4.13. The van der Waals surface area contributed by atoms with Crippen LogP contribution in [0.5, 0.6) is 0 Å². The van der Waals surface area contributed by atoms with Crippen LogP contribution in [-0.2, 0) is 27.8 Å². The number of allylic oxidation sites excluding steroid dienone is 2. The molecule has 0 radical (unpaired) electrons. The molecule has 1 spiro atoms. The summed E-state index contributed by atoms with van der Waals surface area (Å²) >= 11 is 0. The monoisotopic (exact) mass is 444 g/mol. The number of hydrogen-bond acceptors (Lipinski definition) is 5. The maximum Gasteiger partial charge on any atom is 0.254 e. The van der Waals surface area contributed by atoms with E-state index in [0.717, 1.165) is 19.3 Å². The zero-order valence-corrected chi connectivity index (χ0v) is 18.5. The Morgan fingerprint density at radius 3 is 2.77 bits per heavy atom. The molecular formula is C22H28N4O4S. The van der Waals surface area contributed by atoms with Crippen molar-refractivity contribution in [2.75, 3.05) is 19.3 Å². The number of amides is 1. The number of carbonyl (C=O) groups is 1. The first kappa shape index (κ1) is 19.7. The Labute approximate surface area is 181 Å². The number of sulfonamides is 1. The number of hydrogen-bond donors (Lipinski definition) is 1. The summed E-state index contributed by atoms with van der Waals surface area (Å²) in [6.07, 6.45) is 11.2. The summed E-state index contributed by atoms with van der Waals surface area (Å²) in [5, 5.41) is 0. The van der Waals surface area contributed by atoms with Gasteiger partial charge in [0.15, 0.2) is 0 Å². The number of nitrogens with one attached hydrogen (secondary N) is 1. The summed E-state index contributed by atoms with van der Waals surface area (Å²) in [6, 6.07) is -0.239. The summed E-state index contributed by atoms with van der Waals surface area (Å²) in [5.41, 5.74) is 1.25. The average molecular weight is 445 g/mol. The third-order valence-electron chi connectivity index (χ3n) is 8.42. The number of carbonyl (C=O) groups excluding carboxylic acids is 1. The highest BCUT2D eigenvalue weighted by atomic mass is 32.2. The van der Waals surface area contributed by atoms with E-state index in [1.54, 1.807) is 0 Å². The molecule has 1 saturated heterocycles. The number of aromatic amines is 1. The highest BCUT2D eigenvalue weighted by Gasteiger charge is 2.64. The molecular weight excluding hydrogens is 416 g/mol. The first-order valence-electron chi connectivity index (χ1n) is 11.3. The van der Waals surface area contributed by atoms with E-state index < -0.39 is 10.0 Å². The van der Waals surface area contributed by atoms with Gasteiger partial charge in [0, 0.05) is 24.6 Å². The average Bonchev–Trinajstić information content (AvgIpc) is 3.12. The van der Waals surface area contributed by atoms with Gasteiger partial charge in [0.1, 0.15) is 5.82 Å². The van der Waals surface area contributed by atoms with Crippen molar-refractivity contribution < 1.29 is 13.2 Å². The van der Waals surface area contributed by atoms with Crippen molar-refractivity contribution in [3.8, 4) is 0 Å². The van der Waals surface area contributed by atoms with E-state index in [2.05, 4.69) is 17.1 Å². The van der Waals surface area contributed by atoms with E-state index in [4.69, 9.17) is 4.98 Å². The van der Waals surface area contributed by atoms with Gasteiger partial charge < -0.3 is 9.88 Å². The van der Waals surface area contributed by atoms with Crippen molar-refractivity contribution in [1.82, 2.24) is 19.2 Å². The van der Waals surface area contributed by atoms with Crippen LogP contribution in [-0.4, -0.2) is 52.8 Å². The lowest BCUT2D eigenvalue weighted by atomic mass is 9.88. The summed E-state index contributed by atoms with van der Waals surface area (Å²) < 4.78 is 25.3. The molecule has 31 heavy (non-hydrogen) atoms. The molecule has 2 saturated carbocycles. The van der Waals surface area contributed by atoms with Crippen LogP contribution in [0.15, 0.2) is 16.9 Å². The van der Waals surface area contributed by atoms with Crippen LogP contribution in [0, 0.1) is 23.2 Å². The smallest absolute Gasteiger partial charge is 0.254 e. The molecule has 1 aromatic heterocycles. The van der Waals surface area contributed by atoms with E-state index in [9.17, 15) is 18.0 Å². The molecule has 4 atom stereocenters. The summed E-state index contributed by atoms with van der Waals surface area (Å²) in [7, 11) is -3.35. The Morgan fingerprint density at radius 2 is 2.06 bits per heavy atom. The minimum atomic E-state index is -3.35. The van der Waals surface area contributed by atoms with Crippen molar-refractivity contribution >= 4 is 15.9 Å². The topological polar surface area (TPSA) is 103 Å². The number of nitrogens with zero attached hydrogens (tertiary/aromatic N) is 3. The molecule has 1 N–H and O–H groups in total. The zero-order valence-electron chi connectivity index (χ0n) is 17.7. The van der Waals surface area contributed by atoms with Gasteiger partial charge in [-0.05, 0) is 55.8 Å². The van der Waals surface area contributed by atoms with Crippen LogP contribution in [0.4, 0.5) is 0 Å². The van der Waals surface area contributed by atoms with Crippen LogP contribution in [0.3, 0.4) is 0 Å². The van der Waals surface area contributed by atoms with Gasteiger partial charge in [0.25, 0.3) is 5.56 Å². The van der Waals surface area contributed by atoms with E-state index in [1.165, 1.54) is 23.4 Å². The van der Waals surface area contributed by atoms with Gasteiger partial charge in [-0.15, -0.1) is 0 Å². The molecule has 166 valence electrons. The second kappa shape index (κ2) is 6.51. The number of aromatic nitrogens is 2. The first-order valence-corrected chi connectivity index (χ1v) is 13.2. The van der Waals surface area contributed by atoms with Crippen LogP contribution >= 0.6 is 0 Å². The third-order valence-corrected chi connectivity index (χ3v) is 9.67. The quantitative estimate of drug-likeness (QED) is 0.709. The van der Waals surface area contributed by atoms with Crippen molar-refractivity contribution in [3.63, 3.8) is 0 Å². The third kappa shape index (κ3) is 2.88. The maximum absolute atomic E-state index is 13.6. The Bertz CT molecular complexity index is 1150. The Balaban J connectivity index is 1.29. The van der Waals surface area contributed by atoms with Crippen LogP contribution < -0.4 is 5.56 Å². The molecule has 3 fully saturated rings. The number of fused-ring (bicyclic) bond motifs is 1. The lowest BCUT2D eigenvalue weighted by Gasteiger charge is -2.31. The SMILES string of the molecule is CS(=O)(=O)N1CCc2c(nc([C@@H]3CCCN3C(=O)[C@H]3C[C@H]4C=C[C@H]3C43CC3)[nH]c2=O)C1. The number of rotatable bonds is 3. The molecule has 0 unspecified atom stereocenters. The summed E-state index contributed by atoms with van der Waals surface area (Å²) in [4.78, 5) is 35.9. The molecule has 8 nitrogen and oxygen atoms in total. The lowest BCUT2D eigenvalue weighted by molar-refractivity contribution is -0.137. The fraction of sp³-hybridized carbons (Fsp3) is 0.682. The van der Waals surface area contributed by atoms with Gasteiger partial charge >= 0.3 is 0 Å². The molecule has 3 heterocycles. The molecule has 2 aliphatic heterocycles. The van der Waals surface area contributed by atoms with E-state index in [1.807, 2.05) is 4.90 Å². The van der Waals surface area contributed by atoms with Crippen molar-refractivity contribution in [1.29, 1.82) is 0 Å². The maximum atomic E-state index is 13.6. The minimum Gasteiger partial charge on any atom is -0.332 e. The molecule has 1 aromatic rings. The fourth-order valence-electron chi connectivity index (χ4n) is 6.66. The highest BCUT2D eigenvalue weighted by Crippen LogP contribution is 2.70. The minimum absolute atomic E-state index is 0.0446. The van der Waals surface area contributed by atoms with Crippen LogP contribution in [0.1, 0.15) is 55.2 Å². The molecule has 2 bridgehead atoms. The molecule has 9 heteroatoms. The molecule has 5 aliphatic rings. The molecule has 3 aliphatic carbocycles. The van der Waals surface area contributed by atoms with Gasteiger partial charge in [-0.3, -0.25) is 9.59 Å². The second-order valence-electron chi connectivity index (χ2n) is 10.0. The Morgan fingerprint density at radius 1 is 1.26 bits per heavy atom. The largest absolute Gasteiger partial charge is 0.332 e. The highest BCUT2D eigenvalue weighted by molar-refractivity contribution is 7.88. The summed E-state index contributed by atoms with van der Waals surface area (Å²) in [5.74, 6) is 1.66. The van der Waals surface area contributed by atoms with E-state index >= 15 is 0 Å². The number of likely N-dealkylation sites (tertiary alicyclic amines) is 1. The van der Waals surface area contributed by atoms with Crippen LogP contribution in [0.25, 0.3) is 0 Å². The number of H-pyrrole nitrogens is 1. The first-order chi connectivity index (χ1) is 14.8. The van der Waals surface area contributed by atoms with E-state index in [-0.39, 0.29) is 30.0 Å².